The molecule has 15 heavy (non-hydrogen) atoms. The maximum atomic E-state index is 5.86. The van der Waals surface area contributed by atoms with Crippen LogP contribution in [0.3, 0.4) is 0 Å². The first-order valence-electron chi connectivity index (χ1n) is 5.12. The van der Waals surface area contributed by atoms with Crippen molar-refractivity contribution in [3.05, 3.63) is 17.8 Å². The van der Waals surface area contributed by atoms with Gasteiger partial charge in [0.15, 0.2) is 0 Å². The Morgan fingerprint density at radius 1 is 1.53 bits per heavy atom. The Morgan fingerprint density at radius 2 is 2.20 bits per heavy atom. The van der Waals surface area contributed by atoms with E-state index in [0.29, 0.717) is 11.7 Å². The molecule has 0 saturated heterocycles. The van der Waals surface area contributed by atoms with Crippen molar-refractivity contribution < 1.29 is 0 Å². The number of nitrogen functional groups attached to an aromatic ring is 1. The zero-order valence-corrected chi connectivity index (χ0v) is 9.91. The molecule has 4 heteroatoms. The van der Waals surface area contributed by atoms with Gasteiger partial charge in [0.25, 0.3) is 0 Å². The van der Waals surface area contributed by atoms with Crippen LogP contribution in [0.5, 0.6) is 0 Å². The maximum absolute atomic E-state index is 5.86. The molecule has 0 amide bonds. The molecule has 1 aromatic rings. The van der Waals surface area contributed by atoms with E-state index in [2.05, 4.69) is 22.1 Å². The van der Waals surface area contributed by atoms with Gasteiger partial charge in [-0.25, -0.2) is 4.98 Å². The van der Waals surface area contributed by atoms with Crippen LogP contribution in [0.1, 0.15) is 12.5 Å². The minimum atomic E-state index is 0.331. The molecule has 1 heterocycles. The van der Waals surface area contributed by atoms with Gasteiger partial charge < -0.3 is 16.0 Å². The highest BCUT2D eigenvalue weighted by atomic mass is 15.1. The van der Waals surface area contributed by atoms with Gasteiger partial charge in [-0.15, -0.1) is 0 Å². The third-order valence-corrected chi connectivity index (χ3v) is 2.08. The predicted molar refractivity (Wildman–Crippen MR) is 65.0 cm³/mol. The molecule has 0 aliphatic carbocycles. The minimum absolute atomic E-state index is 0.331. The lowest BCUT2D eigenvalue weighted by Crippen LogP contribution is -2.30. The molecule has 0 aliphatic heterocycles. The van der Waals surface area contributed by atoms with Gasteiger partial charge in [0.1, 0.15) is 5.82 Å². The minimum Gasteiger partial charge on any atom is -0.396 e. The van der Waals surface area contributed by atoms with Crippen LogP contribution in [-0.2, 0) is 0 Å². The van der Waals surface area contributed by atoms with Gasteiger partial charge in [-0.05, 0) is 39.6 Å². The monoisotopic (exact) mass is 208 g/mol. The molecular formula is C11H20N4. The van der Waals surface area contributed by atoms with Crippen molar-refractivity contribution >= 4 is 11.5 Å². The number of nitrogens with two attached hydrogens (primary N) is 1. The normalized spacial score (nSPS) is 12.9. The first-order valence-corrected chi connectivity index (χ1v) is 5.12. The van der Waals surface area contributed by atoms with Crippen LogP contribution in [0, 0.1) is 6.92 Å². The van der Waals surface area contributed by atoms with Crippen molar-refractivity contribution in [3.8, 4) is 0 Å². The summed E-state index contributed by atoms with van der Waals surface area (Å²) in [7, 11) is 4.09. The van der Waals surface area contributed by atoms with Crippen molar-refractivity contribution in [3.63, 3.8) is 0 Å². The Kier molecular flexibility index (Phi) is 3.91. The molecule has 1 aromatic heterocycles. The number of rotatable bonds is 4. The number of aromatic nitrogens is 1. The molecular weight excluding hydrogens is 188 g/mol. The van der Waals surface area contributed by atoms with Crippen LogP contribution in [-0.4, -0.2) is 36.6 Å². The molecule has 1 unspecified atom stereocenters. The van der Waals surface area contributed by atoms with Crippen LogP contribution in [0.25, 0.3) is 0 Å². The smallest absolute Gasteiger partial charge is 0.149 e. The summed E-state index contributed by atoms with van der Waals surface area (Å²) >= 11 is 0. The quantitative estimate of drug-likeness (QED) is 0.784. The van der Waals surface area contributed by atoms with Gasteiger partial charge in [0, 0.05) is 18.8 Å². The van der Waals surface area contributed by atoms with Crippen molar-refractivity contribution in [2.75, 3.05) is 31.7 Å². The summed E-state index contributed by atoms with van der Waals surface area (Å²) in [6.45, 7) is 5.05. The van der Waals surface area contributed by atoms with E-state index < -0.39 is 0 Å². The summed E-state index contributed by atoms with van der Waals surface area (Å²) in [6, 6.07) is 2.26. The van der Waals surface area contributed by atoms with Crippen LogP contribution in [0.2, 0.25) is 0 Å². The van der Waals surface area contributed by atoms with Gasteiger partial charge in [0.2, 0.25) is 0 Å². The maximum Gasteiger partial charge on any atom is 0.149 e. The van der Waals surface area contributed by atoms with Crippen LogP contribution < -0.4 is 11.1 Å². The third kappa shape index (κ3) is 3.75. The largest absolute Gasteiger partial charge is 0.396 e. The molecule has 1 rings (SSSR count). The molecule has 0 saturated carbocycles. The summed E-state index contributed by atoms with van der Waals surface area (Å²) in [5.41, 5.74) is 7.65. The van der Waals surface area contributed by atoms with E-state index in [9.17, 15) is 0 Å². The second-order valence-corrected chi connectivity index (χ2v) is 4.26. The lowest BCUT2D eigenvalue weighted by atomic mass is 10.2. The average Bonchev–Trinajstić information content (AvgIpc) is 2.08. The lowest BCUT2D eigenvalue weighted by molar-refractivity contribution is 0.392. The van der Waals surface area contributed by atoms with Crippen molar-refractivity contribution in [1.82, 2.24) is 9.88 Å². The van der Waals surface area contributed by atoms with E-state index in [4.69, 9.17) is 5.73 Å². The van der Waals surface area contributed by atoms with E-state index in [0.717, 1.165) is 17.9 Å². The highest BCUT2D eigenvalue weighted by molar-refractivity contribution is 5.61. The SMILES string of the molecule is Cc1cnc(NC(C)CN(C)C)c(N)c1. The molecule has 4 nitrogen and oxygen atoms in total. The zero-order valence-electron chi connectivity index (χ0n) is 9.91. The Hall–Kier alpha value is -1.29. The molecule has 0 aliphatic rings. The summed E-state index contributed by atoms with van der Waals surface area (Å²) in [6.07, 6.45) is 1.82. The molecule has 0 spiro atoms. The fourth-order valence-corrected chi connectivity index (χ4v) is 1.54. The molecule has 0 aromatic carbocycles. The van der Waals surface area contributed by atoms with E-state index >= 15 is 0 Å². The summed E-state index contributed by atoms with van der Waals surface area (Å²) in [5, 5.41) is 3.29. The first-order chi connectivity index (χ1) is 6.99. The third-order valence-electron chi connectivity index (χ3n) is 2.08. The van der Waals surface area contributed by atoms with Crippen LogP contribution in [0.15, 0.2) is 12.3 Å². The van der Waals surface area contributed by atoms with E-state index in [1.807, 2.05) is 33.3 Å². The highest BCUT2D eigenvalue weighted by Gasteiger charge is 2.06. The molecule has 3 N–H and O–H groups in total. The van der Waals surface area contributed by atoms with Crippen LogP contribution in [0.4, 0.5) is 11.5 Å². The van der Waals surface area contributed by atoms with E-state index in [-0.39, 0.29) is 0 Å². The number of pyridine rings is 1. The number of hydrogen-bond donors (Lipinski definition) is 2. The number of nitrogens with zero attached hydrogens (tertiary/aromatic N) is 2. The number of anilines is 2. The van der Waals surface area contributed by atoms with Crippen molar-refractivity contribution in [1.29, 1.82) is 0 Å². The second kappa shape index (κ2) is 4.98. The topological polar surface area (TPSA) is 54.2 Å². The molecule has 0 radical (unpaired) electrons. The highest BCUT2D eigenvalue weighted by Crippen LogP contribution is 2.16. The molecule has 0 bridgehead atoms. The molecule has 0 fully saturated rings. The zero-order chi connectivity index (χ0) is 11.4. The molecule has 1 atom stereocenters. The number of aryl methyl sites for hydroxylation is 1. The summed E-state index contributed by atoms with van der Waals surface area (Å²) < 4.78 is 0. The van der Waals surface area contributed by atoms with E-state index in [1.54, 1.807) is 0 Å². The summed E-state index contributed by atoms with van der Waals surface area (Å²) in [4.78, 5) is 6.40. The summed E-state index contributed by atoms with van der Waals surface area (Å²) in [5.74, 6) is 0.773. The first kappa shape index (κ1) is 11.8. The number of hydrogen-bond acceptors (Lipinski definition) is 4. The molecule has 84 valence electrons. The van der Waals surface area contributed by atoms with E-state index in [1.165, 1.54) is 0 Å². The number of likely N-dealkylation sites (N-methyl/N-ethyl adjacent to an activating group) is 1. The Morgan fingerprint density at radius 3 is 2.73 bits per heavy atom. The van der Waals surface area contributed by atoms with Crippen LogP contribution >= 0.6 is 0 Å². The van der Waals surface area contributed by atoms with Gasteiger partial charge >= 0.3 is 0 Å². The van der Waals surface area contributed by atoms with Gasteiger partial charge in [-0.1, -0.05) is 0 Å². The Balaban J connectivity index is 2.64. The number of nitrogens with one attached hydrogen (secondary N) is 1. The van der Waals surface area contributed by atoms with Crippen molar-refractivity contribution in [2.24, 2.45) is 0 Å². The van der Waals surface area contributed by atoms with Gasteiger partial charge in [-0.2, -0.15) is 0 Å². The van der Waals surface area contributed by atoms with Crippen molar-refractivity contribution in [2.45, 2.75) is 19.9 Å². The van der Waals surface area contributed by atoms with Gasteiger partial charge in [0.05, 0.1) is 5.69 Å². The fraction of sp³-hybridized carbons (Fsp3) is 0.545. The fourth-order valence-electron chi connectivity index (χ4n) is 1.54. The second-order valence-electron chi connectivity index (χ2n) is 4.26. The Bertz CT molecular complexity index is 322. The lowest BCUT2D eigenvalue weighted by Gasteiger charge is -2.19. The average molecular weight is 208 g/mol. The van der Waals surface area contributed by atoms with Gasteiger partial charge in [-0.3, -0.25) is 0 Å². The Labute approximate surface area is 91.5 Å². The predicted octanol–water partition coefficient (Wildman–Crippen LogP) is 1.33. The standard InChI is InChI=1S/C11H20N4/c1-8-5-10(12)11(13-6-8)14-9(2)7-15(3)4/h5-6,9H,7,12H2,1-4H3,(H,13,14).